The van der Waals surface area contributed by atoms with Crippen molar-refractivity contribution in [3.8, 4) is 0 Å². The SMILES string of the molecule is COCC1(CNC(=O)NCC2(COC)OCCc3ccccc32)OCCc2ccccc21. The fraction of sp³-hybridized carbons (Fsp3) is 0.480. The maximum absolute atomic E-state index is 12.8. The van der Waals surface area contributed by atoms with Gasteiger partial charge in [-0.2, -0.15) is 0 Å². The molecule has 0 aliphatic carbocycles. The van der Waals surface area contributed by atoms with E-state index in [2.05, 4.69) is 22.8 Å². The number of carbonyl (C=O) groups excluding carboxylic acids is 1. The smallest absolute Gasteiger partial charge is 0.315 e. The van der Waals surface area contributed by atoms with Crippen molar-refractivity contribution in [2.24, 2.45) is 0 Å². The van der Waals surface area contributed by atoms with E-state index in [1.54, 1.807) is 14.2 Å². The van der Waals surface area contributed by atoms with Crippen LogP contribution in [0.5, 0.6) is 0 Å². The number of hydrogen-bond donors (Lipinski definition) is 2. The third-order valence-corrected chi connectivity index (χ3v) is 6.34. The van der Waals surface area contributed by atoms with Crippen molar-refractivity contribution in [2.45, 2.75) is 24.0 Å². The molecule has 32 heavy (non-hydrogen) atoms. The second-order valence-corrected chi connectivity index (χ2v) is 8.40. The Hall–Kier alpha value is -2.45. The highest BCUT2D eigenvalue weighted by atomic mass is 16.5. The highest BCUT2D eigenvalue weighted by molar-refractivity contribution is 5.74. The zero-order valence-electron chi connectivity index (χ0n) is 18.8. The molecule has 172 valence electrons. The molecule has 0 bridgehead atoms. The van der Waals surface area contributed by atoms with Gasteiger partial charge in [-0.05, 0) is 35.1 Å². The Morgan fingerprint density at radius 3 is 1.69 bits per heavy atom. The molecular formula is C25H32N2O5. The van der Waals surface area contributed by atoms with E-state index in [1.165, 1.54) is 11.1 Å². The van der Waals surface area contributed by atoms with Gasteiger partial charge in [0.1, 0.15) is 11.2 Å². The second kappa shape index (κ2) is 10.0. The van der Waals surface area contributed by atoms with Gasteiger partial charge in [0, 0.05) is 14.2 Å². The lowest BCUT2D eigenvalue weighted by atomic mass is 9.86. The van der Waals surface area contributed by atoms with Crippen molar-refractivity contribution >= 4 is 6.03 Å². The van der Waals surface area contributed by atoms with Crippen molar-refractivity contribution in [3.05, 3.63) is 70.8 Å². The first-order chi connectivity index (χ1) is 15.6. The molecule has 7 nitrogen and oxygen atoms in total. The van der Waals surface area contributed by atoms with E-state index in [9.17, 15) is 4.79 Å². The maximum Gasteiger partial charge on any atom is 0.315 e. The van der Waals surface area contributed by atoms with Gasteiger partial charge in [0.05, 0.1) is 39.5 Å². The van der Waals surface area contributed by atoms with Crippen molar-refractivity contribution in [1.29, 1.82) is 0 Å². The topological polar surface area (TPSA) is 78.1 Å². The van der Waals surface area contributed by atoms with Crippen LogP contribution in [0.15, 0.2) is 48.5 Å². The first-order valence-electron chi connectivity index (χ1n) is 11.1. The Bertz CT molecular complexity index is 863. The largest absolute Gasteiger partial charge is 0.381 e. The third-order valence-electron chi connectivity index (χ3n) is 6.34. The molecule has 2 amide bonds. The predicted molar refractivity (Wildman–Crippen MR) is 121 cm³/mol. The molecule has 0 saturated heterocycles. The van der Waals surface area contributed by atoms with E-state index in [4.69, 9.17) is 18.9 Å². The standard InChI is InChI=1S/C25H32N2O5/c1-29-17-24(21-9-5-3-7-19(21)11-13-31-24)15-26-23(28)27-16-25(18-30-2)22-10-6-4-8-20(22)12-14-32-25/h3-10H,11-18H2,1-2H3,(H2,26,27,28). The number of carbonyl (C=O) groups is 1. The summed E-state index contributed by atoms with van der Waals surface area (Å²) >= 11 is 0. The predicted octanol–water partition coefficient (Wildman–Crippen LogP) is 2.51. The van der Waals surface area contributed by atoms with Crippen molar-refractivity contribution < 1.29 is 23.7 Å². The van der Waals surface area contributed by atoms with E-state index >= 15 is 0 Å². The minimum Gasteiger partial charge on any atom is -0.381 e. The molecule has 2 heterocycles. The van der Waals surface area contributed by atoms with E-state index in [0.29, 0.717) is 39.5 Å². The Kier molecular flexibility index (Phi) is 7.10. The van der Waals surface area contributed by atoms with Gasteiger partial charge in [-0.15, -0.1) is 0 Å². The summed E-state index contributed by atoms with van der Waals surface area (Å²) in [6, 6.07) is 16.1. The van der Waals surface area contributed by atoms with Crippen LogP contribution < -0.4 is 10.6 Å². The molecular weight excluding hydrogens is 408 g/mol. The van der Waals surface area contributed by atoms with Gasteiger partial charge in [-0.1, -0.05) is 48.5 Å². The Morgan fingerprint density at radius 1 is 0.812 bits per heavy atom. The number of nitrogens with one attached hydrogen (secondary N) is 2. The molecule has 0 spiro atoms. The summed E-state index contributed by atoms with van der Waals surface area (Å²) in [7, 11) is 3.30. The molecule has 2 aliphatic heterocycles. The van der Waals surface area contributed by atoms with Crippen LogP contribution in [0.4, 0.5) is 4.79 Å². The molecule has 0 aromatic heterocycles. The van der Waals surface area contributed by atoms with E-state index in [-0.39, 0.29) is 6.03 Å². The van der Waals surface area contributed by atoms with Crippen LogP contribution in [0.2, 0.25) is 0 Å². The number of hydrogen-bond acceptors (Lipinski definition) is 5. The van der Waals surface area contributed by atoms with Crippen molar-refractivity contribution in [1.82, 2.24) is 10.6 Å². The Morgan fingerprint density at radius 2 is 1.25 bits per heavy atom. The van der Waals surface area contributed by atoms with Gasteiger partial charge in [0.2, 0.25) is 0 Å². The normalized spacial score (nSPS) is 24.3. The number of fused-ring (bicyclic) bond motifs is 2. The molecule has 4 rings (SSSR count). The molecule has 2 aromatic carbocycles. The molecule has 2 unspecified atom stereocenters. The Balaban J connectivity index is 1.45. The van der Waals surface area contributed by atoms with Crippen molar-refractivity contribution in [2.75, 3.05) is 53.7 Å². The summed E-state index contributed by atoms with van der Waals surface area (Å²) in [6.45, 7) is 2.50. The monoisotopic (exact) mass is 440 g/mol. The van der Waals surface area contributed by atoms with Crippen LogP contribution in [0, 0.1) is 0 Å². The minimum atomic E-state index is -0.709. The number of amides is 2. The van der Waals surface area contributed by atoms with Crippen molar-refractivity contribution in [3.63, 3.8) is 0 Å². The van der Waals surface area contributed by atoms with E-state index < -0.39 is 11.2 Å². The molecule has 0 saturated carbocycles. The third kappa shape index (κ3) is 4.52. The summed E-state index contributed by atoms with van der Waals surface area (Å²) in [5, 5.41) is 5.98. The first kappa shape index (κ1) is 22.7. The minimum absolute atomic E-state index is 0.283. The van der Waals surface area contributed by atoms with Gasteiger partial charge in [-0.25, -0.2) is 4.79 Å². The number of benzene rings is 2. The zero-order valence-corrected chi connectivity index (χ0v) is 18.8. The number of urea groups is 1. The zero-order chi connectivity index (χ0) is 22.4. The Labute approximate surface area is 189 Å². The summed E-state index contributed by atoms with van der Waals surface area (Å²) in [5.74, 6) is 0. The lowest BCUT2D eigenvalue weighted by molar-refractivity contribution is -0.102. The van der Waals surface area contributed by atoms with Crippen LogP contribution in [-0.4, -0.2) is 59.8 Å². The summed E-state index contributed by atoms with van der Waals surface area (Å²) in [6.07, 6.45) is 1.70. The molecule has 2 aromatic rings. The quantitative estimate of drug-likeness (QED) is 0.660. The van der Waals surface area contributed by atoms with Gasteiger partial charge >= 0.3 is 6.03 Å². The number of ether oxygens (including phenoxy) is 4. The fourth-order valence-electron chi connectivity index (χ4n) is 4.84. The molecule has 7 heteroatoms. The summed E-state index contributed by atoms with van der Waals surface area (Å²) in [5.41, 5.74) is 3.16. The highest BCUT2D eigenvalue weighted by Gasteiger charge is 2.40. The first-order valence-corrected chi connectivity index (χ1v) is 11.1. The van der Waals surface area contributed by atoms with Crippen LogP contribution >= 0.6 is 0 Å². The average Bonchev–Trinajstić information content (AvgIpc) is 2.82. The van der Waals surface area contributed by atoms with E-state index in [1.807, 2.05) is 36.4 Å². The fourth-order valence-corrected chi connectivity index (χ4v) is 4.84. The lowest BCUT2D eigenvalue weighted by Gasteiger charge is -2.40. The summed E-state index contributed by atoms with van der Waals surface area (Å²) < 4.78 is 23.3. The number of methoxy groups -OCH3 is 2. The molecule has 2 N–H and O–H groups in total. The van der Waals surface area contributed by atoms with Gasteiger partial charge in [0.15, 0.2) is 0 Å². The maximum atomic E-state index is 12.8. The van der Waals surface area contributed by atoms with Gasteiger partial charge in [0.25, 0.3) is 0 Å². The second-order valence-electron chi connectivity index (χ2n) is 8.40. The van der Waals surface area contributed by atoms with E-state index in [0.717, 1.165) is 24.0 Å². The summed E-state index contributed by atoms with van der Waals surface area (Å²) in [4.78, 5) is 12.8. The van der Waals surface area contributed by atoms with Crippen LogP contribution in [-0.2, 0) is 43.0 Å². The van der Waals surface area contributed by atoms with Gasteiger partial charge < -0.3 is 29.6 Å². The molecule has 0 fully saturated rings. The van der Waals surface area contributed by atoms with Gasteiger partial charge in [-0.3, -0.25) is 0 Å². The van der Waals surface area contributed by atoms with Crippen LogP contribution in [0.1, 0.15) is 22.3 Å². The molecule has 2 atom stereocenters. The lowest BCUT2D eigenvalue weighted by Crippen LogP contribution is -2.54. The molecule has 2 aliphatic rings. The molecule has 0 radical (unpaired) electrons. The highest BCUT2D eigenvalue weighted by Crippen LogP contribution is 2.34. The van der Waals surface area contributed by atoms with Crippen LogP contribution in [0.25, 0.3) is 0 Å². The average molecular weight is 441 g/mol. The number of rotatable bonds is 8. The van der Waals surface area contributed by atoms with Crippen LogP contribution in [0.3, 0.4) is 0 Å².